The lowest BCUT2D eigenvalue weighted by molar-refractivity contribution is 0.778. The zero-order valence-electron chi connectivity index (χ0n) is 17.1. The van der Waals surface area contributed by atoms with Crippen LogP contribution in [0.15, 0.2) is 42.6 Å². The van der Waals surface area contributed by atoms with Crippen LogP contribution < -0.4 is 10.6 Å². The third-order valence-electron chi connectivity index (χ3n) is 4.53. The third-order valence-corrected chi connectivity index (χ3v) is 4.79. The highest BCUT2D eigenvalue weighted by atomic mass is 35.5. The van der Waals surface area contributed by atoms with Crippen molar-refractivity contribution < 1.29 is 0 Å². The zero-order valence-corrected chi connectivity index (χ0v) is 17.9. The molecule has 2 aromatic carbocycles. The fraction of sp³-hybridized carbons (Fsp3) is 0.391. The van der Waals surface area contributed by atoms with E-state index in [2.05, 4.69) is 43.5 Å². The van der Waals surface area contributed by atoms with E-state index in [4.69, 9.17) is 17.3 Å². The lowest BCUT2D eigenvalue weighted by Crippen LogP contribution is -2.27. The van der Waals surface area contributed by atoms with Crippen molar-refractivity contribution in [2.75, 3.05) is 10.6 Å². The Kier molecular flexibility index (Phi) is 8.74. The number of allylic oxidation sites excluding steroid dienone is 1. The largest absolute Gasteiger partial charge is 0.398 e. The number of nitrogen functional groups attached to an aromatic ring is 1. The molecule has 1 aliphatic rings. The van der Waals surface area contributed by atoms with E-state index in [1.165, 1.54) is 22.4 Å². The summed E-state index contributed by atoms with van der Waals surface area (Å²) in [7, 11) is 0. The molecule has 142 valence electrons. The summed E-state index contributed by atoms with van der Waals surface area (Å²) in [5.74, 6) is 0. The highest BCUT2D eigenvalue weighted by Gasteiger charge is 2.23. The molecule has 0 aliphatic carbocycles. The fourth-order valence-electron chi connectivity index (χ4n) is 3.12. The minimum atomic E-state index is 0.765. The Labute approximate surface area is 164 Å². The maximum Gasteiger partial charge on any atom is 0.0478 e. The fourth-order valence-corrected chi connectivity index (χ4v) is 3.25. The molecule has 1 heterocycles. The van der Waals surface area contributed by atoms with E-state index in [1.54, 1.807) is 0 Å². The molecule has 0 aromatic heterocycles. The highest BCUT2D eigenvalue weighted by Crippen LogP contribution is 2.38. The van der Waals surface area contributed by atoms with E-state index in [-0.39, 0.29) is 0 Å². The summed E-state index contributed by atoms with van der Waals surface area (Å²) in [6, 6.07) is 10.2. The van der Waals surface area contributed by atoms with Gasteiger partial charge in [-0.1, -0.05) is 58.0 Å². The second kappa shape index (κ2) is 10.3. The van der Waals surface area contributed by atoms with E-state index in [0.29, 0.717) is 0 Å². The Morgan fingerprint density at radius 2 is 1.62 bits per heavy atom. The SMILES string of the molecule is C=C1CCc2c(cc(C)c(N)c2C)N1Cc1ccc(Cl)cc1.CC.CC. The maximum atomic E-state index is 6.20. The van der Waals surface area contributed by atoms with Gasteiger partial charge in [-0.2, -0.15) is 0 Å². The topological polar surface area (TPSA) is 29.3 Å². The molecule has 3 rings (SSSR count). The first-order valence-corrected chi connectivity index (χ1v) is 9.93. The number of halogens is 1. The number of rotatable bonds is 2. The molecule has 0 atom stereocenters. The van der Waals surface area contributed by atoms with E-state index >= 15 is 0 Å². The number of anilines is 2. The number of benzene rings is 2. The average molecular weight is 373 g/mol. The Balaban J connectivity index is 0.000000791. The van der Waals surface area contributed by atoms with E-state index in [9.17, 15) is 0 Å². The van der Waals surface area contributed by atoms with Gasteiger partial charge in [0.15, 0.2) is 0 Å². The molecule has 2 N–H and O–H groups in total. The van der Waals surface area contributed by atoms with Gasteiger partial charge in [0.05, 0.1) is 0 Å². The van der Waals surface area contributed by atoms with Crippen LogP contribution in [0.1, 0.15) is 56.4 Å². The summed E-state index contributed by atoms with van der Waals surface area (Å²) >= 11 is 5.98. The Hall–Kier alpha value is -1.93. The molecule has 0 unspecified atom stereocenters. The first kappa shape index (κ1) is 22.1. The molecule has 3 heteroatoms. The van der Waals surface area contributed by atoms with Gasteiger partial charge in [0.1, 0.15) is 0 Å². The summed E-state index contributed by atoms with van der Waals surface area (Å²) in [5, 5.41) is 0.765. The van der Waals surface area contributed by atoms with E-state index in [1.807, 2.05) is 39.8 Å². The standard InChI is InChI=1S/C19H21ClN2.2C2H6/c1-12-10-18-17(14(3)19(12)21)9-4-13(2)22(18)11-15-5-7-16(20)8-6-15;2*1-2/h5-8,10H,2,4,9,11,21H2,1,3H3;2*1-2H3. The second-order valence-corrected chi connectivity index (χ2v) is 6.45. The molecule has 0 saturated heterocycles. The number of hydrogen-bond donors (Lipinski definition) is 1. The van der Waals surface area contributed by atoms with Crippen LogP contribution in [0, 0.1) is 13.8 Å². The van der Waals surface area contributed by atoms with Gasteiger partial charge in [-0.25, -0.2) is 0 Å². The van der Waals surface area contributed by atoms with Gasteiger partial charge >= 0.3 is 0 Å². The first-order valence-electron chi connectivity index (χ1n) is 9.55. The molecule has 0 fully saturated rings. The van der Waals surface area contributed by atoms with Gasteiger partial charge in [-0.3, -0.25) is 0 Å². The summed E-state index contributed by atoms with van der Waals surface area (Å²) in [6.07, 6.45) is 1.99. The Morgan fingerprint density at radius 1 is 1.04 bits per heavy atom. The summed E-state index contributed by atoms with van der Waals surface area (Å²) in [5.41, 5.74) is 14.4. The molecule has 2 nitrogen and oxygen atoms in total. The van der Waals surface area contributed by atoms with E-state index in [0.717, 1.165) is 41.4 Å². The molecule has 0 bridgehead atoms. The average Bonchev–Trinajstić information content (AvgIpc) is 2.67. The Bertz CT molecular complexity index is 733. The van der Waals surface area contributed by atoms with Crippen LogP contribution in [0.3, 0.4) is 0 Å². The molecule has 0 radical (unpaired) electrons. The smallest absolute Gasteiger partial charge is 0.0478 e. The van der Waals surface area contributed by atoms with Crippen molar-refractivity contribution in [3.05, 3.63) is 69.9 Å². The quantitative estimate of drug-likeness (QED) is 0.571. The van der Waals surface area contributed by atoms with Crippen molar-refractivity contribution >= 4 is 23.0 Å². The molecular formula is C23H33ClN2. The van der Waals surface area contributed by atoms with Gasteiger partial charge in [-0.15, -0.1) is 0 Å². The highest BCUT2D eigenvalue weighted by molar-refractivity contribution is 6.30. The number of fused-ring (bicyclic) bond motifs is 1. The Morgan fingerprint density at radius 3 is 2.19 bits per heavy atom. The van der Waals surface area contributed by atoms with Crippen molar-refractivity contribution in [2.24, 2.45) is 0 Å². The minimum Gasteiger partial charge on any atom is -0.398 e. The summed E-state index contributed by atoms with van der Waals surface area (Å²) in [4.78, 5) is 2.31. The van der Waals surface area contributed by atoms with Crippen molar-refractivity contribution in [1.29, 1.82) is 0 Å². The van der Waals surface area contributed by atoms with Crippen molar-refractivity contribution in [1.82, 2.24) is 0 Å². The molecule has 0 amide bonds. The normalized spacial score (nSPS) is 12.4. The molecule has 26 heavy (non-hydrogen) atoms. The summed E-state index contributed by atoms with van der Waals surface area (Å²) < 4.78 is 0. The van der Waals surface area contributed by atoms with Gasteiger partial charge < -0.3 is 10.6 Å². The lowest BCUT2D eigenvalue weighted by atomic mass is 9.92. The predicted octanol–water partition coefficient (Wildman–Crippen LogP) is 7.06. The predicted molar refractivity (Wildman–Crippen MR) is 118 cm³/mol. The van der Waals surface area contributed by atoms with Crippen molar-refractivity contribution in [2.45, 2.75) is 60.9 Å². The molecule has 0 saturated carbocycles. The molecular weight excluding hydrogens is 340 g/mol. The van der Waals surface area contributed by atoms with Gasteiger partial charge in [0, 0.05) is 28.6 Å². The second-order valence-electron chi connectivity index (χ2n) is 6.01. The van der Waals surface area contributed by atoms with Gasteiger partial charge in [0.2, 0.25) is 0 Å². The first-order chi connectivity index (χ1) is 12.5. The van der Waals surface area contributed by atoms with Crippen LogP contribution in [0.4, 0.5) is 11.4 Å². The third kappa shape index (κ3) is 4.82. The van der Waals surface area contributed by atoms with Crippen LogP contribution in [0.5, 0.6) is 0 Å². The minimum absolute atomic E-state index is 0.765. The number of nitrogens with zero attached hydrogens (tertiary/aromatic N) is 1. The maximum absolute atomic E-state index is 6.20. The van der Waals surface area contributed by atoms with Crippen molar-refractivity contribution in [3.8, 4) is 0 Å². The lowest BCUT2D eigenvalue weighted by Gasteiger charge is -2.35. The zero-order chi connectivity index (χ0) is 19.9. The number of hydrogen-bond acceptors (Lipinski definition) is 2. The number of aryl methyl sites for hydroxylation is 1. The van der Waals surface area contributed by atoms with Crippen LogP contribution in [-0.2, 0) is 13.0 Å². The van der Waals surface area contributed by atoms with E-state index < -0.39 is 0 Å². The van der Waals surface area contributed by atoms with Crippen LogP contribution in [0.25, 0.3) is 0 Å². The molecule has 2 aromatic rings. The van der Waals surface area contributed by atoms with Crippen molar-refractivity contribution in [3.63, 3.8) is 0 Å². The monoisotopic (exact) mass is 372 g/mol. The molecule has 1 aliphatic heterocycles. The van der Waals surface area contributed by atoms with Crippen LogP contribution >= 0.6 is 11.6 Å². The van der Waals surface area contributed by atoms with Gasteiger partial charge in [-0.05, 0) is 67.1 Å². The van der Waals surface area contributed by atoms with Crippen LogP contribution in [-0.4, -0.2) is 0 Å². The molecule has 0 spiro atoms. The van der Waals surface area contributed by atoms with Crippen LogP contribution in [0.2, 0.25) is 5.02 Å². The summed E-state index contributed by atoms with van der Waals surface area (Å²) in [6.45, 7) is 17.3. The van der Waals surface area contributed by atoms with Gasteiger partial charge in [0.25, 0.3) is 0 Å². The number of nitrogens with two attached hydrogens (primary N) is 1.